The molecule has 0 aliphatic rings. The van der Waals surface area contributed by atoms with Gasteiger partial charge in [0.2, 0.25) is 0 Å². The lowest BCUT2D eigenvalue weighted by Crippen LogP contribution is -2.08. The Labute approximate surface area is 107 Å². The van der Waals surface area contributed by atoms with Crippen molar-refractivity contribution >= 4 is 31.1 Å². The van der Waals surface area contributed by atoms with E-state index in [1.165, 1.54) is 4.57 Å². The minimum absolute atomic E-state index is 0.188. The molecule has 0 saturated heterocycles. The zero-order chi connectivity index (χ0) is 12.5. The third-order valence-corrected chi connectivity index (χ3v) is 4.15. The molecule has 92 valence electrons. The van der Waals surface area contributed by atoms with Crippen LogP contribution in [0.15, 0.2) is 22.0 Å². The molecule has 0 aliphatic heterocycles. The van der Waals surface area contributed by atoms with Gasteiger partial charge in [0, 0.05) is 23.6 Å². The second kappa shape index (κ2) is 4.75. The van der Waals surface area contributed by atoms with Crippen molar-refractivity contribution in [1.29, 1.82) is 0 Å². The summed E-state index contributed by atoms with van der Waals surface area (Å²) in [5.74, 6) is 0.602. The number of aromatic nitrogens is 3. The molecule has 5 nitrogen and oxygen atoms in total. The van der Waals surface area contributed by atoms with Crippen LogP contribution in [0.2, 0.25) is 0 Å². The van der Waals surface area contributed by atoms with Gasteiger partial charge in [0.25, 0.3) is 14.2 Å². The van der Waals surface area contributed by atoms with Gasteiger partial charge in [-0.25, -0.2) is 8.42 Å². The summed E-state index contributed by atoms with van der Waals surface area (Å²) in [6.45, 7) is 2.29. The average molecular weight is 292 g/mol. The molecule has 0 atom stereocenters. The minimum Gasteiger partial charge on any atom is -0.301 e. The van der Waals surface area contributed by atoms with E-state index in [1.807, 2.05) is 23.8 Å². The van der Waals surface area contributed by atoms with Crippen molar-refractivity contribution in [3.8, 4) is 0 Å². The first-order valence-corrected chi connectivity index (χ1v) is 8.15. The van der Waals surface area contributed by atoms with Crippen molar-refractivity contribution in [3.05, 3.63) is 28.2 Å². The Bertz CT molecular complexity index is 604. The topological polar surface area (TPSA) is 64.8 Å². The highest BCUT2D eigenvalue weighted by Gasteiger charge is 2.21. The van der Waals surface area contributed by atoms with Gasteiger partial charge < -0.3 is 4.57 Å². The van der Waals surface area contributed by atoms with Gasteiger partial charge in [0.1, 0.15) is 5.82 Å². The summed E-state index contributed by atoms with van der Waals surface area (Å²) in [5.41, 5.74) is 1.08. The van der Waals surface area contributed by atoms with Crippen LogP contribution in [-0.2, 0) is 22.0 Å². The zero-order valence-corrected chi connectivity index (χ0v) is 11.4. The number of hydrogen-bond acceptors (Lipinski definition) is 5. The van der Waals surface area contributed by atoms with Gasteiger partial charge >= 0.3 is 0 Å². The molecule has 17 heavy (non-hydrogen) atoms. The van der Waals surface area contributed by atoms with Crippen LogP contribution >= 0.6 is 22.0 Å². The summed E-state index contributed by atoms with van der Waals surface area (Å²) in [4.78, 5) is 0. The summed E-state index contributed by atoms with van der Waals surface area (Å²) in [6, 6.07) is 1.97. The fourth-order valence-corrected chi connectivity index (χ4v) is 3.17. The molecule has 2 heterocycles. The smallest absolute Gasteiger partial charge is 0.296 e. The van der Waals surface area contributed by atoms with Crippen molar-refractivity contribution in [2.24, 2.45) is 0 Å². The van der Waals surface area contributed by atoms with E-state index >= 15 is 0 Å². The quantitative estimate of drug-likeness (QED) is 0.807. The lowest BCUT2D eigenvalue weighted by Gasteiger charge is -2.04. The van der Waals surface area contributed by atoms with Gasteiger partial charge in [-0.1, -0.05) is 0 Å². The van der Waals surface area contributed by atoms with Crippen molar-refractivity contribution in [3.63, 3.8) is 0 Å². The molecule has 0 bridgehead atoms. The van der Waals surface area contributed by atoms with Gasteiger partial charge in [-0.05, 0) is 29.3 Å². The predicted octanol–water partition coefficient (Wildman–Crippen LogP) is 1.88. The molecule has 0 aliphatic carbocycles. The first kappa shape index (κ1) is 12.5. The van der Waals surface area contributed by atoms with Crippen molar-refractivity contribution in [2.75, 3.05) is 0 Å². The van der Waals surface area contributed by atoms with Crippen molar-refractivity contribution in [2.45, 2.75) is 25.0 Å². The van der Waals surface area contributed by atoms with Gasteiger partial charge in [-0.15, -0.1) is 10.2 Å². The lowest BCUT2D eigenvalue weighted by molar-refractivity contribution is 0.576. The van der Waals surface area contributed by atoms with Crippen molar-refractivity contribution < 1.29 is 8.42 Å². The van der Waals surface area contributed by atoms with Gasteiger partial charge in [0.05, 0.1) is 0 Å². The summed E-state index contributed by atoms with van der Waals surface area (Å²) in [6.07, 6.45) is 0.552. The van der Waals surface area contributed by atoms with E-state index in [4.69, 9.17) is 10.7 Å². The third-order valence-electron chi connectivity index (χ3n) is 2.27. The van der Waals surface area contributed by atoms with E-state index in [1.54, 1.807) is 11.3 Å². The first-order valence-electron chi connectivity index (χ1n) is 4.90. The molecular formula is C9H10ClN3O2S2. The normalized spacial score (nSPS) is 11.9. The number of halogens is 1. The molecule has 2 aromatic heterocycles. The van der Waals surface area contributed by atoms with Crippen LogP contribution in [0.3, 0.4) is 0 Å². The largest absolute Gasteiger partial charge is 0.301 e. The first-order chi connectivity index (χ1) is 8.02. The summed E-state index contributed by atoms with van der Waals surface area (Å²) >= 11 is 1.58. The maximum absolute atomic E-state index is 11.3. The maximum Gasteiger partial charge on any atom is 0.296 e. The molecule has 0 saturated carbocycles. The molecule has 0 fully saturated rings. The van der Waals surface area contributed by atoms with Crippen LogP contribution < -0.4 is 0 Å². The molecular weight excluding hydrogens is 282 g/mol. The molecule has 0 spiro atoms. The van der Waals surface area contributed by atoms with Crippen LogP contribution in [0.25, 0.3) is 0 Å². The van der Waals surface area contributed by atoms with Gasteiger partial charge in [-0.3, -0.25) is 0 Å². The van der Waals surface area contributed by atoms with E-state index in [0.717, 1.165) is 5.56 Å². The molecule has 0 N–H and O–H groups in total. The monoisotopic (exact) mass is 291 g/mol. The minimum atomic E-state index is -3.84. The maximum atomic E-state index is 11.3. The standard InChI is InChI=1S/C9H10ClN3O2S2/c1-2-13-8(5-7-3-4-16-6-7)11-12-9(13)17(10,14)15/h3-4,6H,2,5H2,1H3. The number of hydrogen-bond donors (Lipinski definition) is 0. The number of nitrogens with zero attached hydrogens (tertiary/aromatic N) is 3. The molecule has 8 heteroatoms. The average Bonchev–Trinajstić information content (AvgIpc) is 2.85. The van der Waals surface area contributed by atoms with Crippen LogP contribution in [0.1, 0.15) is 18.3 Å². The van der Waals surface area contributed by atoms with E-state index in [2.05, 4.69) is 10.2 Å². The van der Waals surface area contributed by atoms with Crippen molar-refractivity contribution in [1.82, 2.24) is 14.8 Å². The third kappa shape index (κ3) is 2.67. The molecule has 0 unspecified atom stereocenters. The van der Waals surface area contributed by atoms with Gasteiger partial charge in [0.15, 0.2) is 0 Å². The Hall–Kier alpha value is -0.920. The summed E-state index contributed by atoms with van der Waals surface area (Å²) in [7, 11) is 1.45. The Balaban J connectivity index is 2.40. The SMILES string of the molecule is CCn1c(Cc2ccsc2)nnc1S(=O)(=O)Cl. The van der Waals surface area contributed by atoms with Crippen LogP contribution in [0, 0.1) is 0 Å². The Kier molecular flexibility index (Phi) is 3.50. The number of rotatable bonds is 4. The molecule has 2 rings (SSSR count). The Morgan fingerprint density at radius 1 is 1.47 bits per heavy atom. The second-order valence-electron chi connectivity index (χ2n) is 3.39. The van der Waals surface area contributed by atoms with Crippen LogP contribution in [0.5, 0.6) is 0 Å². The van der Waals surface area contributed by atoms with Crippen LogP contribution in [0.4, 0.5) is 0 Å². The van der Waals surface area contributed by atoms with Gasteiger partial charge in [-0.2, -0.15) is 11.3 Å². The molecule has 0 amide bonds. The number of thiophene rings is 1. The van der Waals surface area contributed by atoms with Crippen LogP contribution in [-0.4, -0.2) is 23.2 Å². The van der Waals surface area contributed by atoms with E-state index < -0.39 is 9.05 Å². The highest BCUT2D eigenvalue weighted by atomic mass is 35.7. The molecule has 0 aromatic carbocycles. The Morgan fingerprint density at radius 3 is 2.76 bits per heavy atom. The lowest BCUT2D eigenvalue weighted by atomic mass is 10.2. The van der Waals surface area contributed by atoms with E-state index in [9.17, 15) is 8.42 Å². The highest BCUT2D eigenvalue weighted by molar-refractivity contribution is 8.13. The highest BCUT2D eigenvalue weighted by Crippen LogP contribution is 2.17. The molecule has 0 radical (unpaired) electrons. The summed E-state index contributed by atoms with van der Waals surface area (Å²) < 4.78 is 24.1. The predicted molar refractivity (Wildman–Crippen MR) is 65.9 cm³/mol. The summed E-state index contributed by atoms with van der Waals surface area (Å²) in [5, 5.41) is 11.3. The Morgan fingerprint density at radius 2 is 2.24 bits per heavy atom. The second-order valence-corrected chi connectivity index (χ2v) is 6.63. The fraction of sp³-hybridized carbons (Fsp3) is 0.333. The van der Waals surface area contributed by atoms with E-state index in [0.29, 0.717) is 18.8 Å². The fourth-order valence-electron chi connectivity index (χ4n) is 1.52. The zero-order valence-electron chi connectivity index (χ0n) is 9.00. The molecule has 2 aromatic rings. The van der Waals surface area contributed by atoms with E-state index in [-0.39, 0.29) is 5.16 Å².